The molecule has 19 heavy (non-hydrogen) atoms. The number of hydrazine groups is 1. The maximum absolute atomic E-state index is 12.2. The summed E-state index contributed by atoms with van der Waals surface area (Å²) in [5.74, 6) is 5.92. The fourth-order valence-corrected chi connectivity index (χ4v) is 2.52. The molecule has 104 valence electrons. The number of carbonyl (C=O) groups excluding carboxylic acids is 1. The number of nitrogens with two attached hydrogens (primary N) is 1. The summed E-state index contributed by atoms with van der Waals surface area (Å²) >= 11 is 0. The van der Waals surface area contributed by atoms with Crippen LogP contribution in [0.15, 0.2) is 12.1 Å². The Bertz CT molecular complexity index is 441. The van der Waals surface area contributed by atoms with Crippen molar-refractivity contribution in [3.8, 4) is 0 Å². The number of pyridine rings is 1. The number of rotatable bonds is 5. The molecule has 1 saturated carbocycles. The number of aryl methyl sites for hydroxylation is 1. The van der Waals surface area contributed by atoms with Crippen LogP contribution in [0.5, 0.6) is 0 Å². The second-order valence-electron chi connectivity index (χ2n) is 5.08. The minimum absolute atomic E-state index is 0.0249. The Morgan fingerprint density at radius 3 is 2.79 bits per heavy atom. The first-order chi connectivity index (χ1) is 9.22. The number of nitrogens with zero attached hydrogens (tertiary/aromatic N) is 1. The zero-order valence-electron chi connectivity index (χ0n) is 11.4. The van der Waals surface area contributed by atoms with Crippen LogP contribution in [0.25, 0.3) is 0 Å². The van der Waals surface area contributed by atoms with E-state index in [2.05, 4.69) is 22.7 Å². The summed E-state index contributed by atoms with van der Waals surface area (Å²) in [7, 11) is 0. The summed E-state index contributed by atoms with van der Waals surface area (Å²) < 4.78 is 0. The van der Waals surface area contributed by atoms with Crippen LogP contribution in [0.3, 0.4) is 0 Å². The Labute approximate surface area is 114 Å². The maximum Gasteiger partial charge on any atom is 0.251 e. The van der Waals surface area contributed by atoms with Gasteiger partial charge < -0.3 is 10.7 Å². The third-order valence-corrected chi connectivity index (χ3v) is 3.48. The van der Waals surface area contributed by atoms with Crippen LogP contribution >= 0.6 is 0 Å². The molecule has 1 aliphatic rings. The second-order valence-corrected chi connectivity index (χ2v) is 5.08. The van der Waals surface area contributed by atoms with Gasteiger partial charge in [-0.3, -0.25) is 4.79 Å². The normalized spacial score (nSPS) is 15.5. The highest BCUT2D eigenvalue weighted by molar-refractivity contribution is 5.95. The molecular weight excluding hydrogens is 240 g/mol. The van der Waals surface area contributed by atoms with E-state index in [1.165, 1.54) is 12.8 Å². The predicted molar refractivity (Wildman–Crippen MR) is 75.8 cm³/mol. The Kier molecular flexibility index (Phi) is 4.74. The van der Waals surface area contributed by atoms with Crippen LogP contribution in [-0.4, -0.2) is 16.9 Å². The van der Waals surface area contributed by atoms with Crippen LogP contribution < -0.4 is 16.6 Å². The summed E-state index contributed by atoms with van der Waals surface area (Å²) in [6.45, 7) is 2.09. The van der Waals surface area contributed by atoms with E-state index >= 15 is 0 Å². The molecule has 1 fully saturated rings. The number of anilines is 1. The van der Waals surface area contributed by atoms with E-state index < -0.39 is 0 Å². The first-order valence-electron chi connectivity index (χ1n) is 7.01. The molecule has 4 N–H and O–H groups in total. The van der Waals surface area contributed by atoms with Gasteiger partial charge in [-0.05, 0) is 31.4 Å². The van der Waals surface area contributed by atoms with Crippen LogP contribution in [0.1, 0.15) is 55.1 Å². The van der Waals surface area contributed by atoms with Gasteiger partial charge in [-0.2, -0.15) is 0 Å². The molecule has 1 aliphatic carbocycles. The van der Waals surface area contributed by atoms with Crippen molar-refractivity contribution in [1.82, 2.24) is 10.3 Å². The highest BCUT2D eigenvalue weighted by Crippen LogP contribution is 2.19. The zero-order valence-corrected chi connectivity index (χ0v) is 11.4. The lowest BCUT2D eigenvalue weighted by molar-refractivity contribution is 0.0937. The van der Waals surface area contributed by atoms with Gasteiger partial charge in [0, 0.05) is 17.3 Å². The largest absolute Gasteiger partial charge is 0.349 e. The standard InChI is InChI=1S/C14H22N4O/c1-2-5-12-8-10(9-13(16-12)18-15)14(19)17-11-6-3-4-7-11/h8-9,11H,2-7,15H2,1H3,(H,16,18)(H,17,19). The van der Waals surface area contributed by atoms with Crippen LogP contribution in [-0.2, 0) is 6.42 Å². The van der Waals surface area contributed by atoms with E-state index in [0.717, 1.165) is 31.4 Å². The molecule has 0 aromatic carbocycles. The van der Waals surface area contributed by atoms with Gasteiger partial charge in [0.05, 0.1) is 0 Å². The second kappa shape index (κ2) is 6.52. The molecule has 1 aromatic heterocycles. The SMILES string of the molecule is CCCc1cc(C(=O)NC2CCCC2)cc(NN)n1. The summed E-state index contributed by atoms with van der Waals surface area (Å²) in [6, 6.07) is 3.88. The summed E-state index contributed by atoms with van der Waals surface area (Å²) in [4.78, 5) is 16.6. The van der Waals surface area contributed by atoms with Gasteiger partial charge in [0.15, 0.2) is 0 Å². The molecule has 5 heteroatoms. The van der Waals surface area contributed by atoms with Gasteiger partial charge in [0.2, 0.25) is 0 Å². The van der Waals surface area contributed by atoms with Crippen molar-refractivity contribution >= 4 is 11.7 Å². The molecule has 5 nitrogen and oxygen atoms in total. The lowest BCUT2D eigenvalue weighted by atomic mass is 10.1. The lowest BCUT2D eigenvalue weighted by Gasteiger charge is -2.13. The number of hydrogen-bond donors (Lipinski definition) is 3. The van der Waals surface area contributed by atoms with Crippen molar-refractivity contribution in [2.24, 2.45) is 5.84 Å². The number of carbonyl (C=O) groups is 1. The van der Waals surface area contributed by atoms with E-state index in [0.29, 0.717) is 17.4 Å². The average Bonchev–Trinajstić information content (AvgIpc) is 2.91. The molecule has 0 spiro atoms. The molecule has 1 amide bonds. The Morgan fingerprint density at radius 2 is 2.16 bits per heavy atom. The van der Waals surface area contributed by atoms with Crippen molar-refractivity contribution in [3.05, 3.63) is 23.4 Å². The van der Waals surface area contributed by atoms with Gasteiger partial charge in [0.25, 0.3) is 5.91 Å². The number of hydrogen-bond acceptors (Lipinski definition) is 4. The van der Waals surface area contributed by atoms with E-state index in [1.54, 1.807) is 6.07 Å². The number of amides is 1. The van der Waals surface area contributed by atoms with Crippen molar-refractivity contribution in [2.75, 3.05) is 5.43 Å². The molecule has 0 atom stereocenters. The molecule has 0 aliphatic heterocycles. The average molecular weight is 262 g/mol. The molecule has 0 saturated heterocycles. The third-order valence-electron chi connectivity index (χ3n) is 3.48. The van der Waals surface area contributed by atoms with Gasteiger partial charge in [-0.25, -0.2) is 10.8 Å². The summed E-state index contributed by atoms with van der Waals surface area (Å²) in [5, 5.41) is 3.08. The number of nitrogens with one attached hydrogen (secondary N) is 2. The van der Waals surface area contributed by atoms with Gasteiger partial charge >= 0.3 is 0 Å². The third kappa shape index (κ3) is 3.67. The minimum atomic E-state index is -0.0249. The molecule has 1 aromatic rings. The number of nitrogen functional groups attached to an aromatic ring is 1. The molecule has 0 radical (unpaired) electrons. The van der Waals surface area contributed by atoms with Crippen LogP contribution in [0.2, 0.25) is 0 Å². The Hall–Kier alpha value is -1.62. The van der Waals surface area contributed by atoms with E-state index in [4.69, 9.17) is 5.84 Å². The van der Waals surface area contributed by atoms with Gasteiger partial charge in [-0.1, -0.05) is 26.2 Å². The monoisotopic (exact) mass is 262 g/mol. The van der Waals surface area contributed by atoms with Crippen molar-refractivity contribution in [1.29, 1.82) is 0 Å². The molecule has 0 unspecified atom stereocenters. The lowest BCUT2D eigenvalue weighted by Crippen LogP contribution is -2.32. The topological polar surface area (TPSA) is 80.0 Å². The fourth-order valence-electron chi connectivity index (χ4n) is 2.52. The Balaban J connectivity index is 2.12. The summed E-state index contributed by atoms with van der Waals surface area (Å²) in [5.41, 5.74) is 4.06. The quantitative estimate of drug-likeness (QED) is 0.560. The predicted octanol–water partition coefficient (Wildman–Crippen LogP) is 1.99. The van der Waals surface area contributed by atoms with E-state index in [1.807, 2.05) is 6.07 Å². The highest BCUT2D eigenvalue weighted by atomic mass is 16.1. The Morgan fingerprint density at radius 1 is 1.42 bits per heavy atom. The highest BCUT2D eigenvalue weighted by Gasteiger charge is 2.18. The minimum Gasteiger partial charge on any atom is -0.349 e. The molecule has 1 heterocycles. The van der Waals surface area contributed by atoms with Crippen molar-refractivity contribution in [2.45, 2.75) is 51.5 Å². The number of aromatic nitrogens is 1. The maximum atomic E-state index is 12.2. The summed E-state index contributed by atoms with van der Waals surface area (Å²) in [6.07, 6.45) is 6.42. The van der Waals surface area contributed by atoms with Gasteiger partial charge in [-0.15, -0.1) is 0 Å². The van der Waals surface area contributed by atoms with Crippen molar-refractivity contribution in [3.63, 3.8) is 0 Å². The first kappa shape index (κ1) is 13.8. The molecule has 2 rings (SSSR count). The van der Waals surface area contributed by atoms with E-state index in [9.17, 15) is 4.79 Å². The fraction of sp³-hybridized carbons (Fsp3) is 0.571. The van der Waals surface area contributed by atoms with E-state index in [-0.39, 0.29) is 5.91 Å². The smallest absolute Gasteiger partial charge is 0.251 e. The molecular formula is C14H22N4O. The van der Waals surface area contributed by atoms with Gasteiger partial charge in [0.1, 0.15) is 5.82 Å². The van der Waals surface area contributed by atoms with Crippen LogP contribution in [0, 0.1) is 0 Å². The van der Waals surface area contributed by atoms with Crippen molar-refractivity contribution < 1.29 is 4.79 Å². The van der Waals surface area contributed by atoms with Crippen LogP contribution in [0.4, 0.5) is 5.82 Å². The molecule has 0 bridgehead atoms. The zero-order chi connectivity index (χ0) is 13.7. The first-order valence-corrected chi connectivity index (χ1v) is 7.01.